The summed E-state index contributed by atoms with van der Waals surface area (Å²) in [5.74, 6) is 1.57. The molecule has 0 unspecified atom stereocenters. The molecule has 0 bridgehead atoms. The molecule has 0 radical (unpaired) electrons. The van der Waals surface area contributed by atoms with E-state index in [9.17, 15) is 9.59 Å². The van der Waals surface area contributed by atoms with Crippen LogP contribution in [0.15, 0.2) is 42.5 Å². The van der Waals surface area contributed by atoms with Crippen LogP contribution < -0.4 is 24.4 Å². The van der Waals surface area contributed by atoms with Crippen LogP contribution in [0, 0.1) is 0 Å². The first kappa shape index (κ1) is 19.5. The van der Waals surface area contributed by atoms with E-state index in [-0.39, 0.29) is 25.0 Å². The van der Waals surface area contributed by atoms with E-state index in [0.717, 1.165) is 17.9 Å². The minimum absolute atomic E-state index is 0.00521. The Balaban J connectivity index is 1.58. The van der Waals surface area contributed by atoms with Crippen molar-refractivity contribution < 1.29 is 23.8 Å². The molecular weight excluding hydrogens is 360 g/mol. The Kier molecular flexibility index (Phi) is 6.37. The summed E-state index contributed by atoms with van der Waals surface area (Å²) < 4.78 is 16.4. The van der Waals surface area contributed by atoms with Crippen molar-refractivity contribution in [1.82, 2.24) is 0 Å². The fourth-order valence-corrected chi connectivity index (χ4v) is 2.90. The molecule has 2 aromatic rings. The summed E-state index contributed by atoms with van der Waals surface area (Å²) in [7, 11) is 0. The first-order valence-corrected chi connectivity index (χ1v) is 9.33. The van der Waals surface area contributed by atoms with E-state index in [1.54, 1.807) is 47.4 Å². The lowest BCUT2D eigenvalue weighted by molar-refractivity contribution is -0.121. The third-order valence-corrected chi connectivity index (χ3v) is 4.14. The fraction of sp³-hybridized carbons (Fsp3) is 0.333. The zero-order valence-electron chi connectivity index (χ0n) is 16.1. The van der Waals surface area contributed by atoms with Gasteiger partial charge in [0.15, 0.2) is 13.2 Å². The van der Waals surface area contributed by atoms with Crippen LogP contribution >= 0.6 is 0 Å². The molecule has 0 aliphatic carbocycles. The molecule has 0 saturated heterocycles. The average molecular weight is 384 g/mol. The van der Waals surface area contributed by atoms with Crippen LogP contribution in [0.4, 0.5) is 11.4 Å². The number of carbonyl (C=O) groups is 2. The number of nitrogens with zero attached hydrogens (tertiary/aromatic N) is 1. The molecule has 7 heteroatoms. The molecule has 0 fully saturated rings. The molecule has 0 atom stereocenters. The van der Waals surface area contributed by atoms with Gasteiger partial charge >= 0.3 is 0 Å². The number of hydrogen-bond acceptors (Lipinski definition) is 5. The number of fused-ring (bicyclic) bond motifs is 1. The van der Waals surface area contributed by atoms with Crippen LogP contribution in [-0.4, -0.2) is 38.2 Å². The molecule has 1 N–H and O–H groups in total. The lowest BCUT2D eigenvalue weighted by Crippen LogP contribution is -2.39. The number of benzene rings is 2. The molecule has 7 nitrogen and oxygen atoms in total. The fourth-order valence-electron chi connectivity index (χ4n) is 2.90. The van der Waals surface area contributed by atoms with Gasteiger partial charge in [0.2, 0.25) is 0 Å². The summed E-state index contributed by atoms with van der Waals surface area (Å²) in [6.45, 7) is 5.05. The van der Waals surface area contributed by atoms with E-state index in [1.165, 1.54) is 0 Å². The predicted molar refractivity (Wildman–Crippen MR) is 106 cm³/mol. The van der Waals surface area contributed by atoms with Crippen LogP contribution in [0.3, 0.4) is 0 Å². The van der Waals surface area contributed by atoms with Crippen LogP contribution in [0.1, 0.15) is 20.3 Å². The third-order valence-electron chi connectivity index (χ3n) is 4.14. The van der Waals surface area contributed by atoms with Crippen LogP contribution in [0.2, 0.25) is 0 Å². The van der Waals surface area contributed by atoms with Crippen molar-refractivity contribution in [3.63, 3.8) is 0 Å². The molecule has 0 spiro atoms. The highest BCUT2D eigenvalue weighted by Crippen LogP contribution is 2.34. The van der Waals surface area contributed by atoms with Crippen LogP contribution in [0.25, 0.3) is 0 Å². The molecular formula is C21H24N2O5. The Hall–Kier alpha value is -3.22. The standard InChI is InChI=1S/C21H24N2O5/c1-3-11-23-18-10-5-15(12-19(18)28-14-21(23)25)22-20(24)13-27-17-8-6-16(7-9-17)26-4-2/h5-10,12H,3-4,11,13-14H2,1-2H3,(H,22,24). The number of anilines is 2. The number of hydrogen-bond donors (Lipinski definition) is 1. The highest BCUT2D eigenvalue weighted by molar-refractivity contribution is 5.99. The second-order valence-electron chi connectivity index (χ2n) is 6.26. The third kappa shape index (κ3) is 4.73. The summed E-state index contributed by atoms with van der Waals surface area (Å²) in [5, 5.41) is 2.78. The number of nitrogens with one attached hydrogen (secondary N) is 1. The van der Waals surface area contributed by atoms with Gasteiger partial charge in [-0.15, -0.1) is 0 Å². The zero-order valence-corrected chi connectivity index (χ0v) is 16.1. The van der Waals surface area contributed by atoms with Gasteiger partial charge in [0.25, 0.3) is 11.8 Å². The molecule has 1 aliphatic heterocycles. The lowest BCUT2D eigenvalue weighted by Gasteiger charge is -2.29. The van der Waals surface area contributed by atoms with Crippen molar-refractivity contribution in [1.29, 1.82) is 0 Å². The molecule has 2 aromatic carbocycles. The highest BCUT2D eigenvalue weighted by Gasteiger charge is 2.25. The maximum absolute atomic E-state index is 12.2. The van der Waals surface area contributed by atoms with Crippen molar-refractivity contribution in [3.8, 4) is 17.2 Å². The zero-order chi connectivity index (χ0) is 19.9. The van der Waals surface area contributed by atoms with Gasteiger partial charge in [0.1, 0.15) is 17.2 Å². The Morgan fingerprint density at radius 2 is 1.82 bits per heavy atom. The van der Waals surface area contributed by atoms with Crippen molar-refractivity contribution >= 4 is 23.2 Å². The molecule has 0 aromatic heterocycles. The van der Waals surface area contributed by atoms with Gasteiger partial charge in [-0.3, -0.25) is 9.59 Å². The van der Waals surface area contributed by atoms with Gasteiger partial charge in [0.05, 0.1) is 12.3 Å². The molecule has 1 aliphatic rings. The minimum atomic E-state index is -0.286. The SMILES string of the molecule is CCCN1C(=O)COc2cc(NC(=O)COc3ccc(OCC)cc3)ccc21. The summed E-state index contributed by atoms with van der Waals surface area (Å²) in [4.78, 5) is 25.9. The van der Waals surface area contributed by atoms with Gasteiger partial charge in [-0.05, 0) is 49.7 Å². The van der Waals surface area contributed by atoms with E-state index < -0.39 is 0 Å². The molecule has 1 heterocycles. The molecule has 28 heavy (non-hydrogen) atoms. The van der Waals surface area contributed by atoms with E-state index in [0.29, 0.717) is 30.3 Å². The predicted octanol–water partition coefficient (Wildman–Crippen LogP) is 3.24. The Morgan fingerprint density at radius 3 is 2.50 bits per heavy atom. The smallest absolute Gasteiger partial charge is 0.265 e. The normalized spacial score (nSPS) is 12.8. The van der Waals surface area contributed by atoms with E-state index in [1.807, 2.05) is 13.8 Å². The molecule has 3 rings (SSSR count). The lowest BCUT2D eigenvalue weighted by atomic mass is 10.2. The van der Waals surface area contributed by atoms with E-state index >= 15 is 0 Å². The van der Waals surface area contributed by atoms with Crippen molar-refractivity contribution in [3.05, 3.63) is 42.5 Å². The van der Waals surface area contributed by atoms with Gasteiger partial charge < -0.3 is 24.4 Å². The summed E-state index contributed by atoms with van der Waals surface area (Å²) in [5.41, 5.74) is 1.31. The Labute approximate surface area is 164 Å². The van der Waals surface area contributed by atoms with Gasteiger partial charge in [-0.2, -0.15) is 0 Å². The van der Waals surface area contributed by atoms with Crippen LogP contribution in [0.5, 0.6) is 17.2 Å². The first-order valence-electron chi connectivity index (χ1n) is 9.33. The van der Waals surface area contributed by atoms with Gasteiger partial charge in [-0.25, -0.2) is 0 Å². The van der Waals surface area contributed by atoms with Gasteiger partial charge in [-0.1, -0.05) is 6.92 Å². The monoisotopic (exact) mass is 384 g/mol. The van der Waals surface area contributed by atoms with Crippen molar-refractivity contribution in [2.24, 2.45) is 0 Å². The topological polar surface area (TPSA) is 77.1 Å². The molecule has 2 amide bonds. The number of amides is 2. The quantitative estimate of drug-likeness (QED) is 0.756. The maximum Gasteiger partial charge on any atom is 0.265 e. The Bertz CT molecular complexity index is 835. The second-order valence-corrected chi connectivity index (χ2v) is 6.26. The second kappa shape index (κ2) is 9.12. The van der Waals surface area contributed by atoms with Crippen molar-refractivity contribution in [2.45, 2.75) is 20.3 Å². The maximum atomic E-state index is 12.2. The summed E-state index contributed by atoms with van der Waals surface area (Å²) in [6, 6.07) is 12.3. The Morgan fingerprint density at radius 1 is 1.11 bits per heavy atom. The van der Waals surface area contributed by atoms with Crippen molar-refractivity contribution in [2.75, 3.05) is 36.6 Å². The number of rotatable bonds is 8. The van der Waals surface area contributed by atoms with Gasteiger partial charge in [0, 0.05) is 18.3 Å². The first-order chi connectivity index (χ1) is 13.6. The molecule has 148 valence electrons. The summed E-state index contributed by atoms with van der Waals surface area (Å²) in [6.07, 6.45) is 0.854. The summed E-state index contributed by atoms with van der Waals surface area (Å²) >= 11 is 0. The van der Waals surface area contributed by atoms with Crippen LogP contribution in [-0.2, 0) is 9.59 Å². The highest BCUT2D eigenvalue weighted by atomic mass is 16.5. The molecule has 0 saturated carbocycles. The average Bonchev–Trinajstić information content (AvgIpc) is 2.70. The number of ether oxygens (including phenoxy) is 3. The number of carbonyl (C=O) groups excluding carboxylic acids is 2. The van der Waals surface area contributed by atoms with E-state index in [4.69, 9.17) is 14.2 Å². The minimum Gasteiger partial charge on any atom is -0.494 e. The largest absolute Gasteiger partial charge is 0.494 e. The van der Waals surface area contributed by atoms with E-state index in [2.05, 4.69) is 5.32 Å².